The molecule has 5 heteroatoms. The first kappa shape index (κ1) is 8.23. The van der Waals surface area contributed by atoms with Gasteiger partial charge in [-0.1, -0.05) is 11.6 Å². The van der Waals surface area contributed by atoms with Crippen molar-refractivity contribution in [2.75, 3.05) is 12.8 Å². The molecule has 0 aromatic carbocycles. The van der Waals surface area contributed by atoms with Gasteiger partial charge in [0.15, 0.2) is 0 Å². The maximum Gasteiger partial charge on any atom is 0.221 e. The van der Waals surface area contributed by atoms with Crippen molar-refractivity contribution in [1.29, 1.82) is 0 Å². The highest BCUT2D eigenvalue weighted by Gasteiger charge is 1.98. The standard InChI is InChI=1S/C6H8ClN3O/c1-11-3-4-2-5(7)10-6(8)9-4/h2H,3H2,1H3,(H2,8,9,10). The fraction of sp³-hybridized carbons (Fsp3) is 0.333. The summed E-state index contributed by atoms with van der Waals surface area (Å²) < 4.78 is 4.83. The summed E-state index contributed by atoms with van der Waals surface area (Å²) in [6.45, 7) is 0.395. The SMILES string of the molecule is COCc1cc(Cl)nc(N)n1. The third-order valence-electron chi connectivity index (χ3n) is 1.06. The van der Waals surface area contributed by atoms with Crippen LogP contribution in [0.15, 0.2) is 6.07 Å². The number of hydrogen-bond acceptors (Lipinski definition) is 4. The Bertz CT molecular complexity index is 233. The molecule has 0 amide bonds. The molecule has 1 heterocycles. The van der Waals surface area contributed by atoms with Crippen LogP contribution >= 0.6 is 11.6 Å². The molecule has 0 fully saturated rings. The second-order valence-electron chi connectivity index (χ2n) is 1.97. The van der Waals surface area contributed by atoms with Crippen LogP contribution in [0.5, 0.6) is 0 Å². The molecule has 0 saturated carbocycles. The molecule has 2 N–H and O–H groups in total. The van der Waals surface area contributed by atoms with E-state index in [2.05, 4.69) is 9.97 Å². The second kappa shape index (κ2) is 3.50. The molecule has 1 aromatic heterocycles. The van der Waals surface area contributed by atoms with E-state index in [-0.39, 0.29) is 5.95 Å². The molecule has 0 radical (unpaired) electrons. The lowest BCUT2D eigenvalue weighted by Crippen LogP contribution is -1.99. The van der Waals surface area contributed by atoms with Gasteiger partial charge in [-0.05, 0) is 6.07 Å². The highest BCUT2D eigenvalue weighted by Crippen LogP contribution is 2.08. The maximum absolute atomic E-state index is 5.60. The summed E-state index contributed by atoms with van der Waals surface area (Å²) in [6.07, 6.45) is 0. The highest BCUT2D eigenvalue weighted by molar-refractivity contribution is 6.29. The van der Waals surface area contributed by atoms with E-state index < -0.39 is 0 Å². The van der Waals surface area contributed by atoms with Crippen molar-refractivity contribution in [2.24, 2.45) is 0 Å². The summed E-state index contributed by atoms with van der Waals surface area (Å²) in [5.41, 5.74) is 6.01. The molecule has 0 aliphatic heterocycles. The normalized spacial score (nSPS) is 10.0. The number of ether oxygens (including phenoxy) is 1. The van der Waals surface area contributed by atoms with Crippen molar-refractivity contribution >= 4 is 17.5 Å². The zero-order valence-corrected chi connectivity index (χ0v) is 6.80. The largest absolute Gasteiger partial charge is 0.378 e. The van der Waals surface area contributed by atoms with Crippen LogP contribution in [-0.4, -0.2) is 17.1 Å². The van der Waals surface area contributed by atoms with Crippen LogP contribution in [0.2, 0.25) is 5.15 Å². The minimum atomic E-state index is 0.171. The molecular formula is C6H8ClN3O. The summed E-state index contributed by atoms with van der Waals surface area (Å²) in [4.78, 5) is 7.57. The lowest BCUT2D eigenvalue weighted by molar-refractivity contribution is 0.181. The number of hydrogen-bond donors (Lipinski definition) is 1. The third kappa shape index (κ3) is 2.32. The molecule has 1 rings (SSSR count). The van der Waals surface area contributed by atoms with Crippen molar-refractivity contribution in [3.8, 4) is 0 Å². The van der Waals surface area contributed by atoms with Gasteiger partial charge in [-0.25, -0.2) is 9.97 Å². The Labute approximate surface area is 69.4 Å². The van der Waals surface area contributed by atoms with E-state index >= 15 is 0 Å². The van der Waals surface area contributed by atoms with E-state index in [1.165, 1.54) is 0 Å². The Morgan fingerprint density at radius 3 is 2.91 bits per heavy atom. The Hall–Kier alpha value is -0.870. The quantitative estimate of drug-likeness (QED) is 0.674. The molecule has 0 bridgehead atoms. The summed E-state index contributed by atoms with van der Waals surface area (Å²) in [5, 5.41) is 0.338. The summed E-state index contributed by atoms with van der Waals surface area (Å²) in [5.74, 6) is 0.171. The average molecular weight is 174 g/mol. The van der Waals surface area contributed by atoms with Gasteiger partial charge in [-0.15, -0.1) is 0 Å². The molecule has 0 aliphatic carbocycles. The first-order valence-electron chi connectivity index (χ1n) is 3.00. The number of halogens is 1. The molecule has 11 heavy (non-hydrogen) atoms. The first-order chi connectivity index (χ1) is 5.22. The maximum atomic E-state index is 5.60. The average Bonchev–Trinajstić information content (AvgIpc) is 1.85. The minimum absolute atomic E-state index is 0.171. The smallest absolute Gasteiger partial charge is 0.221 e. The van der Waals surface area contributed by atoms with Crippen LogP contribution in [-0.2, 0) is 11.3 Å². The van der Waals surface area contributed by atoms with E-state index in [9.17, 15) is 0 Å². The summed E-state index contributed by atoms with van der Waals surface area (Å²) in [7, 11) is 1.58. The number of aromatic nitrogens is 2. The zero-order valence-electron chi connectivity index (χ0n) is 6.04. The number of nitrogen functional groups attached to an aromatic ring is 1. The van der Waals surface area contributed by atoms with E-state index in [0.29, 0.717) is 17.5 Å². The van der Waals surface area contributed by atoms with Gasteiger partial charge in [0.2, 0.25) is 5.95 Å². The van der Waals surface area contributed by atoms with E-state index in [1.54, 1.807) is 13.2 Å². The molecular weight excluding hydrogens is 166 g/mol. The van der Waals surface area contributed by atoms with Crippen molar-refractivity contribution in [3.63, 3.8) is 0 Å². The Morgan fingerprint density at radius 2 is 2.36 bits per heavy atom. The van der Waals surface area contributed by atoms with E-state index in [1.807, 2.05) is 0 Å². The van der Waals surface area contributed by atoms with Crippen LogP contribution < -0.4 is 5.73 Å². The molecule has 60 valence electrons. The van der Waals surface area contributed by atoms with Crippen LogP contribution in [0.3, 0.4) is 0 Å². The summed E-state index contributed by atoms with van der Waals surface area (Å²) in [6, 6.07) is 1.61. The second-order valence-corrected chi connectivity index (χ2v) is 2.36. The van der Waals surface area contributed by atoms with Crippen molar-refractivity contribution in [1.82, 2.24) is 9.97 Å². The lowest BCUT2D eigenvalue weighted by atomic mass is 10.4. The molecule has 1 aromatic rings. The van der Waals surface area contributed by atoms with Crippen molar-refractivity contribution in [3.05, 3.63) is 16.9 Å². The fourth-order valence-electron chi connectivity index (χ4n) is 0.705. The Kier molecular flexibility index (Phi) is 2.62. The highest BCUT2D eigenvalue weighted by atomic mass is 35.5. The minimum Gasteiger partial charge on any atom is -0.378 e. The molecule has 4 nitrogen and oxygen atoms in total. The topological polar surface area (TPSA) is 61.0 Å². The third-order valence-corrected chi connectivity index (χ3v) is 1.25. The Balaban J connectivity index is 2.89. The van der Waals surface area contributed by atoms with Crippen molar-refractivity contribution < 1.29 is 4.74 Å². The predicted molar refractivity (Wildman–Crippen MR) is 42.2 cm³/mol. The van der Waals surface area contributed by atoms with Gasteiger partial charge in [0.1, 0.15) is 5.15 Å². The molecule has 0 unspecified atom stereocenters. The van der Waals surface area contributed by atoms with Crippen LogP contribution in [0, 0.1) is 0 Å². The Morgan fingerprint density at radius 1 is 1.64 bits per heavy atom. The van der Waals surface area contributed by atoms with E-state index in [0.717, 1.165) is 0 Å². The number of anilines is 1. The number of nitrogens with two attached hydrogens (primary N) is 1. The van der Waals surface area contributed by atoms with Crippen LogP contribution in [0.4, 0.5) is 5.95 Å². The number of methoxy groups -OCH3 is 1. The van der Waals surface area contributed by atoms with Gasteiger partial charge in [-0.2, -0.15) is 0 Å². The fourth-order valence-corrected chi connectivity index (χ4v) is 0.918. The predicted octanol–water partition coefficient (Wildman–Crippen LogP) is 0.859. The molecule has 0 spiro atoms. The molecule has 0 saturated heterocycles. The van der Waals surface area contributed by atoms with Gasteiger partial charge in [-0.3, -0.25) is 0 Å². The van der Waals surface area contributed by atoms with Crippen LogP contribution in [0.1, 0.15) is 5.69 Å². The van der Waals surface area contributed by atoms with E-state index in [4.69, 9.17) is 22.1 Å². The number of rotatable bonds is 2. The molecule has 0 atom stereocenters. The van der Waals surface area contributed by atoms with Gasteiger partial charge < -0.3 is 10.5 Å². The van der Waals surface area contributed by atoms with Crippen LogP contribution in [0.25, 0.3) is 0 Å². The van der Waals surface area contributed by atoms with Gasteiger partial charge in [0, 0.05) is 7.11 Å². The lowest BCUT2D eigenvalue weighted by Gasteiger charge is -1.99. The zero-order chi connectivity index (χ0) is 8.27. The van der Waals surface area contributed by atoms with Gasteiger partial charge in [0.25, 0.3) is 0 Å². The van der Waals surface area contributed by atoms with Gasteiger partial charge in [0.05, 0.1) is 12.3 Å². The monoisotopic (exact) mass is 173 g/mol. The number of nitrogens with zero attached hydrogens (tertiary/aromatic N) is 2. The van der Waals surface area contributed by atoms with Crippen molar-refractivity contribution in [2.45, 2.75) is 6.61 Å². The van der Waals surface area contributed by atoms with Gasteiger partial charge >= 0.3 is 0 Å². The molecule has 0 aliphatic rings. The first-order valence-corrected chi connectivity index (χ1v) is 3.38. The summed E-state index contributed by atoms with van der Waals surface area (Å²) >= 11 is 5.60.